The molecule has 0 saturated heterocycles. The monoisotopic (exact) mass is 266 g/mol. The largest absolute Gasteiger partial charge is 0.0795 e. The lowest BCUT2D eigenvalue weighted by Gasteiger charge is -2.16. The van der Waals surface area contributed by atoms with Crippen molar-refractivity contribution in [2.75, 3.05) is 0 Å². The van der Waals surface area contributed by atoms with Gasteiger partial charge in [-0.3, -0.25) is 0 Å². The highest BCUT2D eigenvalue weighted by atomic mass is 28.3. The van der Waals surface area contributed by atoms with Crippen molar-refractivity contribution >= 4 is 14.1 Å². The van der Waals surface area contributed by atoms with Gasteiger partial charge in [-0.05, 0) is 35.4 Å². The van der Waals surface area contributed by atoms with Crippen molar-refractivity contribution in [1.82, 2.24) is 0 Å². The van der Waals surface area contributed by atoms with Crippen LogP contribution in [0.5, 0.6) is 0 Å². The number of allylic oxidation sites excluding steroid dienone is 5. The summed E-state index contributed by atoms with van der Waals surface area (Å²) in [6.45, 7) is 7.28. The van der Waals surface area contributed by atoms with Crippen molar-refractivity contribution < 1.29 is 0 Å². The molecule has 19 heavy (non-hydrogen) atoms. The number of rotatable bonds is 3. The van der Waals surface area contributed by atoms with Gasteiger partial charge in [0.2, 0.25) is 0 Å². The maximum atomic E-state index is 2.50. The topological polar surface area (TPSA) is 0 Å². The summed E-state index contributed by atoms with van der Waals surface area (Å²) in [6.07, 6.45) is 14.1. The third-order valence-corrected chi connectivity index (χ3v) is 6.21. The van der Waals surface area contributed by atoms with E-state index in [1.807, 2.05) is 0 Å². The van der Waals surface area contributed by atoms with E-state index in [1.54, 1.807) is 5.20 Å². The van der Waals surface area contributed by atoms with Crippen molar-refractivity contribution in [2.24, 2.45) is 5.92 Å². The maximum Gasteiger partial charge on any atom is 0.0771 e. The second-order valence-electron chi connectivity index (χ2n) is 6.70. The van der Waals surface area contributed by atoms with Gasteiger partial charge in [0.15, 0.2) is 0 Å². The Morgan fingerprint density at radius 1 is 1.16 bits per heavy atom. The van der Waals surface area contributed by atoms with Crippen molar-refractivity contribution in [3.8, 4) is 0 Å². The van der Waals surface area contributed by atoms with Gasteiger partial charge < -0.3 is 0 Å². The Kier molecular flexibility index (Phi) is 3.10. The molecule has 1 atom stereocenters. The van der Waals surface area contributed by atoms with Crippen LogP contribution in [0.3, 0.4) is 0 Å². The van der Waals surface area contributed by atoms with Crippen molar-refractivity contribution in [2.45, 2.75) is 32.5 Å². The van der Waals surface area contributed by atoms with Gasteiger partial charge in [0, 0.05) is 0 Å². The fraction of sp³-hybridized carbons (Fsp3) is 0.333. The summed E-state index contributed by atoms with van der Waals surface area (Å²) >= 11 is 0. The van der Waals surface area contributed by atoms with Crippen LogP contribution in [-0.4, -0.2) is 8.07 Å². The third kappa shape index (κ3) is 2.52. The van der Waals surface area contributed by atoms with Crippen molar-refractivity contribution in [3.63, 3.8) is 0 Å². The molecule has 1 unspecified atom stereocenters. The van der Waals surface area contributed by atoms with Crippen LogP contribution in [-0.2, 0) is 12.8 Å². The molecular formula is C18H22Si. The van der Waals surface area contributed by atoms with E-state index < -0.39 is 8.07 Å². The molecule has 0 bridgehead atoms. The summed E-state index contributed by atoms with van der Waals surface area (Å²) in [7, 11) is -1.14. The zero-order chi connectivity index (χ0) is 13.5. The molecule has 0 saturated carbocycles. The first-order chi connectivity index (χ1) is 9.04. The van der Waals surface area contributed by atoms with Crippen LogP contribution in [0.1, 0.15) is 16.7 Å². The highest BCUT2D eigenvalue weighted by molar-refractivity contribution is 6.83. The van der Waals surface area contributed by atoms with E-state index in [1.165, 1.54) is 16.7 Å². The molecule has 0 aliphatic heterocycles. The molecular weight excluding hydrogens is 244 g/mol. The molecule has 0 N–H and O–H groups in total. The normalized spacial score (nSPS) is 20.8. The molecule has 0 radical (unpaired) electrons. The highest BCUT2D eigenvalue weighted by Gasteiger charge is 2.22. The minimum Gasteiger partial charge on any atom is -0.0795 e. The Morgan fingerprint density at radius 2 is 2.00 bits per heavy atom. The number of fused-ring (bicyclic) bond motifs is 1. The fourth-order valence-corrected chi connectivity index (χ4v) is 4.30. The van der Waals surface area contributed by atoms with Crippen LogP contribution in [0.25, 0.3) is 6.08 Å². The lowest BCUT2D eigenvalue weighted by Crippen LogP contribution is -2.22. The molecule has 2 aliphatic carbocycles. The second-order valence-corrected chi connectivity index (χ2v) is 11.8. The van der Waals surface area contributed by atoms with Crippen LogP contribution in [0.2, 0.25) is 19.6 Å². The first kappa shape index (κ1) is 12.7. The standard InChI is InChI=1S/C18H22Si/c1-19(2,3)17-11-10-14(13-17)12-16-8-4-6-15-7-5-9-18(15)16/h4-6,8-11,13-14H,7,12H2,1-3H3. The third-order valence-electron chi connectivity index (χ3n) is 4.15. The molecule has 0 nitrogen and oxygen atoms in total. The van der Waals surface area contributed by atoms with Gasteiger partial charge in [0.1, 0.15) is 0 Å². The molecule has 0 amide bonds. The van der Waals surface area contributed by atoms with Crippen LogP contribution >= 0.6 is 0 Å². The second kappa shape index (κ2) is 4.64. The zero-order valence-electron chi connectivity index (χ0n) is 12.1. The Labute approximate surface area is 117 Å². The van der Waals surface area contributed by atoms with E-state index >= 15 is 0 Å². The number of benzene rings is 1. The van der Waals surface area contributed by atoms with E-state index in [-0.39, 0.29) is 0 Å². The summed E-state index contributed by atoms with van der Waals surface area (Å²) in [5, 5.41) is 1.61. The molecule has 1 aromatic rings. The summed E-state index contributed by atoms with van der Waals surface area (Å²) in [5.41, 5.74) is 4.48. The van der Waals surface area contributed by atoms with Gasteiger partial charge in [-0.2, -0.15) is 0 Å². The average molecular weight is 266 g/mol. The van der Waals surface area contributed by atoms with Crippen LogP contribution in [0.15, 0.2) is 47.7 Å². The summed E-state index contributed by atoms with van der Waals surface area (Å²) in [6, 6.07) is 6.76. The first-order valence-electron chi connectivity index (χ1n) is 7.22. The van der Waals surface area contributed by atoms with E-state index in [4.69, 9.17) is 0 Å². The highest BCUT2D eigenvalue weighted by Crippen LogP contribution is 2.30. The zero-order valence-corrected chi connectivity index (χ0v) is 13.1. The minimum atomic E-state index is -1.14. The van der Waals surface area contributed by atoms with Gasteiger partial charge in [-0.15, -0.1) is 0 Å². The summed E-state index contributed by atoms with van der Waals surface area (Å²) in [4.78, 5) is 0. The molecule has 2 aliphatic rings. The maximum absolute atomic E-state index is 2.50. The quantitative estimate of drug-likeness (QED) is 0.690. The predicted molar refractivity (Wildman–Crippen MR) is 86.9 cm³/mol. The molecule has 3 rings (SSSR count). The summed E-state index contributed by atoms with van der Waals surface area (Å²) < 4.78 is 0. The average Bonchev–Trinajstić information content (AvgIpc) is 2.96. The van der Waals surface area contributed by atoms with E-state index in [9.17, 15) is 0 Å². The molecule has 0 fully saturated rings. The molecule has 98 valence electrons. The molecule has 0 heterocycles. The van der Waals surface area contributed by atoms with Gasteiger partial charge in [0.05, 0.1) is 8.07 Å². The Hall–Kier alpha value is -1.34. The van der Waals surface area contributed by atoms with Crippen LogP contribution in [0.4, 0.5) is 0 Å². The van der Waals surface area contributed by atoms with Gasteiger partial charge in [-0.1, -0.05) is 73.4 Å². The van der Waals surface area contributed by atoms with Crippen LogP contribution in [0, 0.1) is 5.92 Å². The Bertz CT molecular complexity index is 582. The number of hydrogen-bond acceptors (Lipinski definition) is 0. The predicted octanol–water partition coefficient (Wildman–Crippen LogP) is 4.79. The van der Waals surface area contributed by atoms with E-state index in [2.05, 4.69) is 68.2 Å². The minimum absolute atomic E-state index is 0.599. The van der Waals surface area contributed by atoms with Gasteiger partial charge >= 0.3 is 0 Å². The Morgan fingerprint density at radius 3 is 2.74 bits per heavy atom. The van der Waals surface area contributed by atoms with E-state index in [0.717, 1.165) is 12.8 Å². The van der Waals surface area contributed by atoms with Crippen molar-refractivity contribution in [3.05, 3.63) is 64.4 Å². The van der Waals surface area contributed by atoms with Crippen LogP contribution < -0.4 is 0 Å². The molecule has 1 aromatic carbocycles. The smallest absolute Gasteiger partial charge is 0.0771 e. The van der Waals surface area contributed by atoms with Gasteiger partial charge in [0.25, 0.3) is 0 Å². The number of hydrogen-bond donors (Lipinski definition) is 0. The lowest BCUT2D eigenvalue weighted by molar-refractivity contribution is 0.813. The SMILES string of the molecule is C[Si](C)(C)C1=CC(Cc2cccc3c2C=CC3)C=C1. The summed E-state index contributed by atoms with van der Waals surface area (Å²) in [5.74, 6) is 0.599. The van der Waals surface area contributed by atoms with Gasteiger partial charge in [-0.25, -0.2) is 0 Å². The Balaban J connectivity index is 1.82. The molecule has 0 aromatic heterocycles. The first-order valence-corrected chi connectivity index (χ1v) is 10.7. The van der Waals surface area contributed by atoms with Crippen molar-refractivity contribution in [1.29, 1.82) is 0 Å². The lowest BCUT2D eigenvalue weighted by atomic mass is 9.95. The molecule has 1 heteroatoms. The fourth-order valence-electron chi connectivity index (χ4n) is 2.99. The van der Waals surface area contributed by atoms with E-state index in [0.29, 0.717) is 5.92 Å². The molecule has 0 spiro atoms.